The quantitative estimate of drug-likeness (QED) is 0.597. The van der Waals surface area contributed by atoms with Crippen LogP contribution in [0.2, 0.25) is 0 Å². The van der Waals surface area contributed by atoms with Crippen molar-refractivity contribution in [2.45, 2.75) is 58.5 Å². The highest BCUT2D eigenvalue weighted by Gasteiger charge is 2.56. The second kappa shape index (κ2) is 8.74. The summed E-state index contributed by atoms with van der Waals surface area (Å²) in [5.74, 6) is -0.839. The number of imidazole rings is 1. The fourth-order valence-electron chi connectivity index (χ4n) is 4.03. The maximum atomic E-state index is 16.2. The first kappa shape index (κ1) is 22.9. The third kappa shape index (κ3) is 4.60. The molecule has 11 heteroatoms. The van der Waals surface area contributed by atoms with Gasteiger partial charge >= 0.3 is 5.97 Å². The van der Waals surface area contributed by atoms with Crippen LogP contribution in [0.5, 0.6) is 0 Å². The van der Waals surface area contributed by atoms with E-state index in [1.165, 1.54) is 24.7 Å². The molecular formula is C20H29FN6O4. The van der Waals surface area contributed by atoms with Gasteiger partial charge in [-0.05, 0) is 12.8 Å². The van der Waals surface area contributed by atoms with Crippen LogP contribution in [-0.4, -0.2) is 56.7 Å². The van der Waals surface area contributed by atoms with E-state index in [1.807, 2.05) is 13.8 Å². The smallest absolute Gasteiger partial charge is 0.302 e. The normalized spacial score (nSPS) is 25.8. The van der Waals surface area contributed by atoms with Gasteiger partial charge in [0, 0.05) is 32.7 Å². The van der Waals surface area contributed by atoms with Crippen LogP contribution >= 0.6 is 0 Å². The van der Waals surface area contributed by atoms with Crippen molar-refractivity contribution >= 4 is 34.7 Å². The minimum Gasteiger partial charge on any atom is -0.463 e. The molecule has 1 fully saturated rings. The minimum absolute atomic E-state index is 0.00252. The fraction of sp³-hybridized carbons (Fsp3) is 0.650. The van der Waals surface area contributed by atoms with Gasteiger partial charge in [0.15, 0.2) is 28.9 Å². The van der Waals surface area contributed by atoms with Gasteiger partial charge in [0.2, 0.25) is 5.95 Å². The molecular weight excluding hydrogens is 407 g/mol. The van der Waals surface area contributed by atoms with Gasteiger partial charge < -0.3 is 20.5 Å². The first-order valence-corrected chi connectivity index (χ1v) is 10.2. The first-order valence-electron chi connectivity index (χ1n) is 10.2. The van der Waals surface area contributed by atoms with Gasteiger partial charge in [0.1, 0.15) is 18.5 Å². The summed E-state index contributed by atoms with van der Waals surface area (Å²) in [5, 5.41) is 2.89. The molecule has 0 unspecified atom stereocenters. The van der Waals surface area contributed by atoms with Crippen molar-refractivity contribution in [2.24, 2.45) is 11.8 Å². The zero-order valence-corrected chi connectivity index (χ0v) is 18.4. The maximum absolute atomic E-state index is 16.2. The topological polar surface area (TPSA) is 134 Å². The SMILES string of the molecule is CNc1nc(N)nc2c1ncn2[C@@H]1O[C@H](COC(C)=O)[C@@H](CC(=O)CC(C)C)[C@@]1(C)F. The van der Waals surface area contributed by atoms with Gasteiger partial charge in [-0.1, -0.05) is 13.8 Å². The summed E-state index contributed by atoms with van der Waals surface area (Å²) in [7, 11) is 1.66. The van der Waals surface area contributed by atoms with E-state index in [9.17, 15) is 9.59 Å². The molecule has 0 bridgehead atoms. The number of carbonyl (C=O) groups excluding carboxylic acids is 2. The molecule has 0 aromatic carbocycles. The molecule has 1 aliphatic heterocycles. The minimum atomic E-state index is -1.97. The summed E-state index contributed by atoms with van der Waals surface area (Å²) in [6.45, 7) is 6.35. The number of hydrogen-bond donors (Lipinski definition) is 2. The molecule has 0 radical (unpaired) electrons. The van der Waals surface area contributed by atoms with Crippen LogP contribution in [-0.2, 0) is 19.1 Å². The third-order valence-electron chi connectivity index (χ3n) is 5.42. The van der Waals surface area contributed by atoms with E-state index < -0.39 is 29.9 Å². The van der Waals surface area contributed by atoms with Crippen molar-refractivity contribution in [3.63, 3.8) is 0 Å². The number of halogens is 1. The summed E-state index contributed by atoms with van der Waals surface area (Å²) < 4.78 is 28.8. The van der Waals surface area contributed by atoms with Gasteiger partial charge in [-0.3, -0.25) is 14.2 Å². The zero-order valence-electron chi connectivity index (χ0n) is 18.4. The average Bonchev–Trinajstić information content (AvgIpc) is 3.17. The Bertz CT molecular complexity index is 976. The number of aromatic nitrogens is 4. The van der Waals surface area contributed by atoms with E-state index in [-0.39, 0.29) is 30.7 Å². The van der Waals surface area contributed by atoms with Crippen LogP contribution in [0.15, 0.2) is 6.33 Å². The monoisotopic (exact) mass is 436 g/mol. The molecule has 0 saturated carbocycles. The Morgan fingerprint density at radius 1 is 1.42 bits per heavy atom. The molecule has 1 saturated heterocycles. The molecule has 3 rings (SSSR count). The van der Waals surface area contributed by atoms with E-state index in [4.69, 9.17) is 15.2 Å². The highest BCUT2D eigenvalue weighted by atomic mass is 19.1. The average molecular weight is 436 g/mol. The molecule has 1 aliphatic rings. The first-order chi connectivity index (χ1) is 14.5. The van der Waals surface area contributed by atoms with Gasteiger partial charge in [-0.2, -0.15) is 9.97 Å². The van der Waals surface area contributed by atoms with Crippen LogP contribution in [0.25, 0.3) is 11.2 Å². The molecule has 170 valence electrons. The lowest BCUT2D eigenvalue weighted by Crippen LogP contribution is -2.38. The molecule has 3 N–H and O–H groups in total. The van der Waals surface area contributed by atoms with Crippen LogP contribution < -0.4 is 11.1 Å². The molecule has 0 spiro atoms. The summed E-state index contributed by atoms with van der Waals surface area (Å²) in [6.07, 6.45) is -0.238. The van der Waals surface area contributed by atoms with Crippen LogP contribution in [0.4, 0.5) is 16.2 Å². The lowest BCUT2D eigenvalue weighted by Gasteiger charge is -2.28. The Morgan fingerprint density at radius 3 is 2.74 bits per heavy atom. The predicted molar refractivity (Wildman–Crippen MR) is 112 cm³/mol. The van der Waals surface area contributed by atoms with Gasteiger partial charge in [-0.25, -0.2) is 9.37 Å². The van der Waals surface area contributed by atoms with E-state index in [2.05, 4.69) is 20.3 Å². The van der Waals surface area contributed by atoms with Crippen molar-refractivity contribution in [2.75, 3.05) is 24.7 Å². The Hall–Kier alpha value is -2.82. The summed E-state index contributed by atoms with van der Waals surface area (Å²) >= 11 is 0. The molecule has 10 nitrogen and oxygen atoms in total. The molecule has 2 aromatic rings. The van der Waals surface area contributed by atoms with Crippen LogP contribution in [0.1, 0.15) is 46.8 Å². The van der Waals surface area contributed by atoms with Crippen LogP contribution in [0, 0.1) is 11.8 Å². The number of esters is 1. The van der Waals surface area contributed by atoms with E-state index >= 15 is 4.39 Å². The van der Waals surface area contributed by atoms with Crippen molar-refractivity contribution in [1.29, 1.82) is 0 Å². The molecule has 0 amide bonds. The molecule has 4 atom stereocenters. The molecule has 0 aliphatic carbocycles. The number of anilines is 2. The Kier molecular flexibility index (Phi) is 6.44. The summed E-state index contributed by atoms with van der Waals surface area (Å²) in [4.78, 5) is 36.4. The fourth-order valence-corrected chi connectivity index (χ4v) is 4.03. The number of alkyl halides is 1. The number of ketones is 1. The molecule has 31 heavy (non-hydrogen) atoms. The molecule has 3 heterocycles. The Labute approximate surface area is 179 Å². The van der Waals surface area contributed by atoms with Gasteiger partial charge in [0.25, 0.3) is 0 Å². The number of nitrogens with zero attached hydrogens (tertiary/aromatic N) is 4. The maximum Gasteiger partial charge on any atom is 0.302 e. The number of hydrogen-bond acceptors (Lipinski definition) is 9. The largest absolute Gasteiger partial charge is 0.463 e. The van der Waals surface area contributed by atoms with Crippen molar-refractivity contribution in [3.8, 4) is 0 Å². The van der Waals surface area contributed by atoms with Crippen molar-refractivity contribution in [1.82, 2.24) is 19.5 Å². The number of fused-ring (bicyclic) bond motifs is 1. The number of carbonyl (C=O) groups is 2. The number of nitrogen functional groups attached to an aromatic ring is 1. The third-order valence-corrected chi connectivity index (χ3v) is 5.42. The lowest BCUT2D eigenvalue weighted by molar-refractivity contribution is -0.146. The highest BCUT2D eigenvalue weighted by Crippen LogP contribution is 2.48. The highest BCUT2D eigenvalue weighted by molar-refractivity contribution is 5.84. The van der Waals surface area contributed by atoms with Gasteiger partial charge in [-0.15, -0.1) is 0 Å². The second-order valence-corrected chi connectivity index (χ2v) is 8.43. The number of ether oxygens (including phenoxy) is 2. The van der Waals surface area contributed by atoms with E-state index in [0.717, 1.165) is 0 Å². The number of nitrogens with two attached hydrogens (primary N) is 1. The predicted octanol–water partition coefficient (Wildman–Crippen LogP) is 2.26. The number of Topliss-reactive ketones (excluding diaryl/α,β-unsaturated/α-hetero) is 1. The lowest BCUT2D eigenvalue weighted by atomic mass is 9.82. The van der Waals surface area contributed by atoms with Crippen LogP contribution in [0.3, 0.4) is 0 Å². The van der Waals surface area contributed by atoms with E-state index in [0.29, 0.717) is 23.4 Å². The number of nitrogens with one attached hydrogen (secondary N) is 1. The molecule has 2 aromatic heterocycles. The second-order valence-electron chi connectivity index (χ2n) is 8.43. The number of rotatable bonds is 8. The van der Waals surface area contributed by atoms with Crippen molar-refractivity contribution < 1.29 is 23.5 Å². The van der Waals surface area contributed by atoms with Crippen molar-refractivity contribution in [3.05, 3.63) is 6.33 Å². The Balaban J connectivity index is 1.99. The standard InChI is InChI=1S/C20H29FN6O4/c1-10(2)6-12(29)7-13-14(8-30-11(3)28)31-18(20(13,4)21)27-9-24-15-16(23-5)25-19(22)26-17(15)27/h9-10,13-14,18H,6-8H2,1-5H3,(H3,22,23,25,26)/t13-,14-,18-,20-/m1/s1. The van der Waals surface area contributed by atoms with Gasteiger partial charge in [0.05, 0.1) is 6.33 Å². The Morgan fingerprint density at radius 2 is 2.13 bits per heavy atom. The zero-order chi connectivity index (χ0) is 22.9. The van der Waals surface area contributed by atoms with E-state index in [1.54, 1.807) is 7.05 Å². The summed E-state index contributed by atoms with van der Waals surface area (Å²) in [6, 6.07) is 0. The summed E-state index contributed by atoms with van der Waals surface area (Å²) in [5.41, 5.74) is 4.54.